The number of benzene rings is 1. The number of aromatic nitrogens is 1. The van der Waals surface area contributed by atoms with Crippen LogP contribution in [0.2, 0.25) is 0 Å². The van der Waals surface area contributed by atoms with E-state index < -0.39 is 0 Å². The maximum atomic E-state index is 8.56. The second kappa shape index (κ2) is 6.85. The molecule has 0 unspecified atom stereocenters. The van der Waals surface area contributed by atoms with E-state index in [9.17, 15) is 0 Å². The number of hydrogen-bond donors (Lipinski definition) is 1. The number of thiazole rings is 1. The summed E-state index contributed by atoms with van der Waals surface area (Å²) in [7, 11) is 0. The molecule has 8 heteroatoms. The van der Waals surface area contributed by atoms with E-state index in [1.807, 2.05) is 23.6 Å². The molecule has 102 valence electrons. The van der Waals surface area contributed by atoms with Crippen molar-refractivity contribution in [2.45, 2.75) is 6.42 Å². The van der Waals surface area contributed by atoms with Crippen LogP contribution in [0.3, 0.4) is 0 Å². The van der Waals surface area contributed by atoms with Gasteiger partial charge in [0.05, 0.1) is 0 Å². The molecule has 0 aliphatic heterocycles. The Balaban J connectivity index is 2.14. The first-order valence-corrected chi connectivity index (χ1v) is 7.10. The monoisotopic (exact) mass is 304 g/mol. The van der Waals surface area contributed by atoms with Gasteiger partial charge >= 0.3 is 0 Å². The van der Waals surface area contributed by atoms with Gasteiger partial charge in [-0.1, -0.05) is 29.4 Å². The predicted octanol–water partition coefficient (Wildman–Crippen LogP) is 3.38. The topological polar surface area (TPSA) is 90.9 Å². The maximum Gasteiger partial charge on any atom is 0.191 e. The molecule has 6 nitrogen and oxygen atoms in total. The molecule has 0 spiro atoms. The van der Waals surface area contributed by atoms with E-state index in [0.29, 0.717) is 18.7 Å². The van der Waals surface area contributed by atoms with Gasteiger partial charge in [-0.15, -0.1) is 11.3 Å². The van der Waals surface area contributed by atoms with Crippen molar-refractivity contribution < 1.29 is 0 Å². The molecule has 1 aromatic heterocycles. The van der Waals surface area contributed by atoms with Crippen LogP contribution in [0.4, 0.5) is 10.8 Å². The van der Waals surface area contributed by atoms with Crippen LogP contribution in [0.25, 0.3) is 10.4 Å². The highest BCUT2D eigenvalue weighted by Crippen LogP contribution is 2.22. The number of nitrogens with zero attached hydrogens (tertiary/aromatic N) is 5. The van der Waals surface area contributed by atoms with Gasteiger partial charge in [0.1, 0.15) is 0 Å². The molecule has 0 amide bonds. The summed E-state index contributed by atoms with van der Waals surface area (Å²) in [4.78, 5) is 8.80. The fourth-order valence-corrected chi connectivity index (χ4v) is 2.67. The van der Waals surface area contributed by atoms with Gasteiger partial charge in [0.25, 0.3) is 0 Å². The Bertz CT molecular complexity index is 633. The highest BCUT2D eigenvalue weighted by Gasteiger charge is 2.12. The van der Waals surface area contributed by atoms with Crippen molar-refractivity contribution in [3.05, 3.63) is 51.8 Å². The molecule has 0 radical (unpaired) electrons. The zero-order valence-corrected chi connectivity index (χ0v) is 12.1. The smallest absolute Gasteiger partial charge is 0.191 e. The molecular weight excluding hydrogens is 292 g/mol. The van der Waals surface area contributed by atoms with Crippen molar-refractivity contribution in [2.75, 3.05) is 11.4 Å². The van der Waals surface area contributed by atoms with Crippen LogP contribution in [-0.2, 0) is 6.42 Å². The van der Waals surface area contributed by atoms with Crippen molar-refractivity contribution >= 4 is 39.5 Å². The number of nitrogens with two attached hydrogens (primary N) is 1. The van der Waals surface area contributed by atoms with E-state index in [1.54, 1.807) is 17.2 Å². The molecule has 0 fully saturated rings. The summed E-state index contributed by atoms with van der Waals surface area (Å²) in [5.74, 6) is 0. The largest absolute Gasteiger partial charge is 0.376 e. The van der Waals surface area contributed by atoms with Gasteiger partial charge in [-0.2, -0.15) is 0 Å². The van der Waals surface area contributed by atoms with Crippen molar-refractivity contribution in [1.82, 2.24) is 4.98 Å². The molecule has 0 saturated carbocycles. The summed E-state index contributed by atoms with van der Waals surface area (Å²) in [6.07, 6.45) is 2.37. The summed E-state index contributed by atoms with van der Waals surface area (Å²) in [6, 6.07) is 7.44. The summed E-state index contributed by atoms with van der Waals surface area (Å²) >= 11 is 6.53. The number of rotatable bonds is 5. The van der Waals surface area contributed by atoms with E-state index in [0.717, 1.165) is 10.7 Å². The van der Waals surface area contributed by atoms with Gasteiger partial charge in [0.15, 0.2) is 10.2 Å². The number of azide groups is 1. The standard InChI is InChI=1S/C12H12N6S2/c13-11(19)18(12-15-6-8-20-12)7-5-9-3-1-2-4-10(9)16-17-14/h1-4,6,8H,5,7H2,(H2,13,19). The molecule has 1 heterocycles. The first-order valence-electron chi connectivity index (χ1n) is 5.82. The number of hydrogen-bond acceptors (Lipinski definition) is 4. The van der Waals surface area contributed by atoms with E-state index in [2.05, 4.69) is 15.0 Å². The van der Waals surface area contributed by atoms with Crippen molar-refractivity contribution in [1.29, 1.82) is 0 Å². The Morgan fingerprint density at radius 3 is 2.95 bits per heavy atom. The van der Waals surface area contributed by atoms with Gasteiger partial charge in [0.2, 0.25) is 0 Å². The van der Waals surface area contributed by atoms with Gasteiger partial charge in [-0.25, -0.2) is 4.98 Å². The fraction of sp³-hybridized carbons (Fsp3) is 0.167. The number of thiocarbonyl (C=S) groups is 1. The summed E-state index contributed by atoms with van der Waals surface area (Å²) in [6.45, 7) is 0.584. The van der Waals surface area contributed by atoms with E-state index in [1.165, 1.54) is 11.3 Å². The first kappa shape index (κ1) is 14.3. The predicted molar refractivity (Wildman–Crippen MR) is 85.2 cm³/mol. The maximum absolute atomic E-state index is 8.56. The third kappa shape index (κ3) is 3.45. The molecule has 0 aliphatic rings. The molecule has 0 bridgehead atoms. The average Bonchev–Trinajstić information content (AvgIpc) is 2.94. The lowest BCUT2D eigenvalue weighted by Crippen LogP contribution is -2.37. The van der Waals surface area contributed by atoms with Crippen LogP contribution < -0.4 is 10.6 Å². The summed E-state index contributed by atoms with van der Waals surface area (Å²) < 4.78 is 0. The van der Waals surface area contributed by atoms with Gasteiger partial charge in [0, 0.05) is 28.7 Å². The highest BCUT2D eigenvalue weighted by atomic mass is 32.1. The van der Waals surface area contributed by atoms with Crippen LogP contribution >= 0.6 is 23.6 Å². The molecule has 0 saturated heterocycles. The fourth-order valence-electron chi connectivity index (χ4n) is 1.75. The van der Waals surface area contributed by atoms with E-state index in [-0.39, 0.29) is 5.11 Å². The second-order valence-corrected chi connectivity index (χ2v) is 5.16. The Labute approximate surface area is 125 Å². The molecule has 0 atom stereocenters. The SMILES string of the molecule is [N-]=[N+]=Nc1ccccc1CCN(C(N)=S)c1nccs1. The molecule has 1 aromatic carbocycles. The van der Waals surface area contributed by atoms with Gasteiger partial charge in [-0.3, -0.25) is 4.90 Å². The van der Waals surface area contributed by atoms with Crippen LogP contribution in [0.1, 0.15) is 5.56 Å². The third-order valence-corrected chi connectivity index (χ3v) is 3.68. The van der Waals surface area contributed by atoms with Crippen LogP contribution in [-0.4, -0.2) is 16.6 Å². The van der Waals surface area contributed by atoms with Crippen LogP contribution in [0, 0.1) is 0 Å². The minimum atomic E-state index is 0.279. The minimum absolute atomic E-state index is 0.279. The Kier molecular flexibility index (Phi) is 4.89. The molecule has 2 rings (SSSR count). The lowest BCUT2D eigenvalue weighted by atomic mass is 10.1. The summed E-state index contributed by atoms with van der Waals surface area (Å²) in [5.41, 5.74) is 15.9. The minimum Gasteiger partial charge on any atom is -0.376 e. The van der Waals surface area contributed by atoms with Crippen molar-refractivity contribution in [3.63, 3.8) is 0 Å². The quantitative estimate of drug-likeness (QED) is 0.397. The number of anilines is 1. The molecule has 20 heavy (non-hydrogen) atoms. The third-order valence-electron chi connectivity index (χ3n) is 2.67. The zero-order chi connectivity index (χ0) is 14.4. The van der Waals surface area contributed by atoms with Gasteiger partial charge < -0.3 is 5.73 Å². The molecule has 2 N–H and O–H groups in total. The van der Waals surface area contributed by atoms with Crippen LogP contribution in [0.15, 0.2) is 41.0 Å². The van der Waals surface area contributed by atoms with E-state index in [4.69, 9.17) is 23.5 Å². The average molecular weight is 304 g/mol. The Morgan fingerprint density at radius 1 is 1.50 bits per heavy atom. The normalized spacial score (nSPS) is 9.80. The summed E-state index contributed by atoms with van der Waals surface area (Å²) in [5, 5.41) is 6.59. The molecule has 2 aromatic rings. The van der Waals surface area contributed by atoms with Crippen LogP contribution in [0.5, 0.6) is 0 Å². The first-order chi connectivity index (χ1) is 9.72. The van der Waals surface area contributed by atoms with Gasteiger partial charge in [-0.05, 0) is 29.7 Å². The molecule has 0 aliphatic carbocycles. The lowest BCUT2D eigenvalue weighted by molar-refractivity contribution is 0.929. The second-order valence-electron chi connectivity index (χ2n) is 3.87. The lowest BCUT2D eigenvalue weighted by Gasteiger charge is -2.19. The van der Waals surface area contributed by atoms with Crippen molar-refractivity contribution in [3.8, 4) is 0 Å². The Morgan fingerprint density at radius 2 is 2.30 bits per heavy atom. The Hall–Kier alpha value is -2.15. The van der Waals surface area contributed by atoms with E-state index >= 15 is 0 Å². The highest BCUT2D eigenvalue weighted by molar-refractivity contribution is 7.80. The molecular formula is C12H12N6S2. The van der Waals surface area contributed by atoms with Crippen molar-refractivity contribution in [2.24, 2.45) is 10.8 Å². The zero-order valence-electron chi connectivity index (χ0n) is 10.5.